The van der Waals surface area contributed by atoms with Gasteiger partial charge in [0.2, 0.25) is 5.91 Å². The molecule has 3 aromatic rings. The van der Waals surface area contributed by atoms with Crippen molar-refractivity contribution < 1.29 is 14.1 Å². The number of ether oxygens (including phenoxy) is 1. The SMILES string of the molecule is CC1(C)C(Cc2cc(COc3ccccc3)on2)CC1NC(=O)Cc1ccccc1. The van der Waals surface area contributed by atoms with Gasteiger partial charge in [0.15, 0.2) is 5.76 Å². The third-order valence-corrected chi connectivity index (χ3v) is 6.20. The third kappa shape index (κ3) is 4.73. The van der Waals surface area contributed by atoms with E-state index in [1.807, 2.05) is 66.7 Å². The van der Waals surface area contributed by atoms with E-state index in [0.29, 0.717) is 18.9 Å². The van der Waals surface area contributed by atoms with E-state index in [4.69, 9.17) is 9.26 Å². The number of aromatic nitrogens is 1. The summed E-state index contributed by atoms with van der Waals surface area (Å²) in [5.74, 6) is 2.07. The molecule has 1 heterocycles. The summed E-state index contributed by atoms with van der Waals surface area (Å²) in [5.41, 5.74) is 2.00. The van der Waals surface area contributed by atoms with Crippen molar-refractivity contribution in [2.24, 2.45) is 11.3 Å². The van der Waals surface area contributed by atoms with Crippen LogP contribution in [-0.4, -0.2) is 17.1 Å². The first kappa shape index (κ1) is 20.2. The number of rotatable bonds is 8. The van der Waals surface area contributed by atoms with Crippen LogP contribution in [0.25, 0.3) is 0 Å². The lowest BCUT2D eigenvalue weighted by atomic mass is 9.57. The third-order valence-electron chi connectivity index (χ3n) is 6.20. The minimum absolute atomic E-state index is 0.0198. The van der Waals surface area contributed by atoms with Crippen molar-refractivity contribution in [3.05, 3.63) is 83.7 Å². The molecule has 0 saturated heterocycles. The highest BCUT2D eigenvalue weighted by Gasteiger charge is 2.48. The smallest absolute Gasteiger partial charge is 0.224 e. The number of carbonyl (C=O) groups excluding carboxylic acids is 1. The molecule has 1 aliphatic carbocycles. The fourth-order valence-electron chi connectivity index (χ4n) is 4.08. The van der Waals surface area contributed by atoms with Crippen LogP contribution in [0.1, 0.15) is 37.3 Å². The van der Waals surface area contributed by atoms with Gasteiger partial charge in [-0.1, -0.05) is 67.5 Å². The molecular weight excluding hydrogens is 376 g/mol. The second kappa shape index (κ2) is 8.74. The van der Waals surface area contributed by atoms with Crippen LogP contribution in [0.2, 0.25) is 0 Å². The lowest BCUT2D eigenvalue weighted by Gasteiger charge is -2.52. The lowest BCUT2D eigenvalue weighted by molar-refractivity contribution is -0.124. The first-order chi connectivity index (χ1) is 14.5. The summed E-state index contributed by atoms with van der Waals surface area (Å²) in [6.07, 6.45) is 2.22. The van der Waals surface area contributed by atoms with Crippen molar-refractivity contribution in [3.63, 3.8) is 0 Å². The number of benzene rings is 2. The van der Waals surface area contributed by atoms with Crippen molar-refractivity contribution >= 4 is 5.91 Å². The van der Waals surface area contributed by atoms with Crippen LogP contribution in [0, 0.1) is 11.3 Å². The average Bonchev–Trinajstić information content (AvgIpc) is 3.20. The van der Waals surface area contributed by atoms with Crippen LogP contribution in [0.5, 0.6) is 5.75 Å². The Labute approximate surface area is 177 Å². The van der Waals surface area contributed by atoms with Gasteiger partial charge in [-0.15, -0.1) is 0 Å². The second-order valence-electron chi connectivity index (χ2n) is 8.63. The maximum Gasteiger partial charge on any atom is 0.224 e. The molecule has 1 saturated carbocycles. The quantitative estimate of drug-likeness (QED) is 0.597. The molecule has 1 amide bonds. The van der Waals surface area contributed by atoms with E-state index in [2.05, 4.69) is 24.3 Å². The molecule has 2 atom stereocenters. The molecule has 1 N–H and O–H groups in total. The highest BCUT2D eigenvalue weighted by Crippen LogP contribution is 2.47. The molecule has 2 unspecified atom stereocenters. The summed E-state index contributed by atoms with van der Waals surface area (Å²) in [6, 6.07) is 21.7. The van der Waals surface area contributed by atoms with Gasteiger partial charge in [-0.05, 0) is 41.9 Å². The fourth-order valence-corrected chi connectivity index (χ4v) is 4.08. The standard InChI is InChI=1S/C25H28N2O3/c1-25(2)19(15-23(25)26-24(28)13-18-9-5-3-6-10-18)14-20-16-22(30-27-20)17-29-21-11-7-4-8-12-21/h3-12,16,19,23H,13-15,17H2,1-2H3,(H,26,28). The summed E-state index contributed by atoms with van der Waals surface area (Å²) < 4.78 is 11.2. The highest BCUT2D eigenvalue weighted by molar-refractivity contribution is 5.79. The van der Waals surface area contributed by atoms with Crippen LogP contribution < -0.4 is 10.1 Å². The van der Waals surface area contributed by atoms with E-state index in [-0.39, 0.29) is 17.4 Å². The minimum Gasteiger partial charge on any atom is -0.486 e. The van der Waals surface area contributed by atoms with Gasteiger partial charge in [-0.25, -0.2) is 0 Å². The first-order valence-corrected chi connectivity index (χ1v) is 10.5. The zero-order chi connectivity index (χ0) is 21.0. The predicted molar refractivity (Wildman–Crippen MR) is 115 cm³/mol. The van der Waals surface area contributed by atoms with E-state index >= 15 is 0 Å². The zero-order valence-corrected chi connectivity index (χ0v) is 17.5. The van der Waals surface area contributed by atoms with Crippen molar-refractivity contribution in [1.29, 1.82) is 0 Å². The fraction of sp³-hybridized carbons (Fsp3) is 0.360. The molecule has 0 spiro atoms. The van der Waals surface area contributed by atoms with Crippen LogP contribution in [0.3, 0.4) is 0 Å². The lowest BCUT2D eigenvalue weighted by Crippen LogP contribution is -2.59. The molecular formula is C25H28N2O3. The Morgan fingerprint density at radius 1 is 1.13 bits per heavy atom. The molecule has 5 nitrogen and oxygen atoms in total. The summed E-state index contributed by atoms with van der Waals surface area (Å²) in [7, 11) is 0. The van der Waals surface area contributed by atoms with Gasteiger partial charge in [-0.2, -0.15) is 0 Å². The van der Waals surface area contributed by atoms with E-state index in [1.54, 1.807) is 0 Å². The monoisotopic (exact) mass is 404 g/mol. The summed E-state index contributed by atoms with van der Waals surface area (Å²) in [4.78, 5) is 12.4. The molecule has 2 aromatic carbocycles. The molecule has 1 aromatic heterocycles. The van der Waals surface area contributed by atoms with Crippen molar-refractivity contribution in [3.8, 4) is 5.75 Å². The van der Waals surface area contributed by atoms with Crippen LogP contribution in [0.4, 0.5) is 0 Å². The summed E-state index contributed by atoms with van der Waals surface area (Å²) >= 11 is 0. The maximum absolute atomic E-state index is 12.4. The van der Waals surface area contributed by atoms with Gasteiger partial charge >= 0.3 is 0 Å². The Kier molecular flexibility index (Phi) is 5.88. The van der Waals surface area contributed by atoms with E-state index in [1.165, 1.54) is 0 Å². The number of nitrogens with zero attached hydrogens (tertiary/aromatic N) is 1. The molecule has 0 bridgehead atoms. The zero-order valence-electron chi connectivity index (χ0n) is 17.5. The van der Waals surface area contributed by atoms with Crippen molar-refractivity contribution in [2.75, 3.05) is 0 Å². The first-order valence-electron chi connectivity index (χ1n) is 10.5. The molecule has 0 aliphatic heterocycles. The summed E-state index contributed by atoms with van der Waals surface area (Å²) in [6.45, 7) is 4.80. The van der Waals surface area contributed by atoms with E-state index in [9.17, 15) is 4.79 Å². The van der Waals surface area contributed by atoms with Gasteiger partial charge < -0.3 is 14.6 Å². The Bertz CT molecular complexity index is 966. The van der Waals surface area contributed by atoms with Crippen LogP contribution >= 0.6 is 0 Å². The van der Waals surface area contributed by atoms with Gasteiger partial charge in [0, 0.05) is 12.1 Å². The molecule has 1 fully saturated rings. The molecule has 1 aliphatic rings. The Morgan fingerprint density at radius 3 is 2.53 bits per heavy atom. The highest BCUT2D eigenvalue weighted by atomic mass is 16.5. The number of carbonyl (C=O) groups is 1. The molecule has 156 valence electrons. The van der Waals surface area contributed by atoms with Gasteiger partial charge in [-0.3, -0.25) is 4.79 Å². The Balaban J connectivity index is 1.26. The van der Waals surface area contributed by atoms with Gasteiger partial charge in [0.05, 0.1) is 12.1 Å². The number of para-hydroxylation sites is 1. The van der Waals surface area contributed by atoms with Gasteiger partial charge in [0.1, 0.15) is 12.4 Å². The van der Waals surface area contributed by atoms with E-state index in [0.717, 1.165) is 35.6 Å². The molecule has 4 rings (SSSR count). The largest absolute Gasteiger partial charge is 0.486 e. The van der Waals surface area contributed by atoms with Gasteiger partial charge in [0.25, 0.3) is 0 Å². The van der Waals surface area contributed by atoms with E-state index < -0.39 is 0 Å². The minimum atomic E-state index is 0.0198. The van der Waals surface area contributed by atoms with Crippen molar-refractivity contribution in [2.45, 2.75) is 45.8 Å². The number of amides is 1. The number of hydrogen-bond acceptors (Lipinski definition) is 4. The Morgan fingerprint density at radius 2 is 1.83 bits per heavy atom. The number of hydrogen-bond donors (Lipinski definition) is 1. The van der Waals surface area contributed by atoms with Crippen LogP contribution in [-0.2, 0) is 24.2 Å². The average molecular weight is 405 g/mol. The van der Waals surface area contributed by atoms with Crippen molar-refractivity contribution in [1.82, 2.24) is 10.5 Å². The number of nitrogens with one attached hydrogen (secondary N) is 1. The predicted octanol–water partition coefficient (Wildman–Crippen LogP) is 4.57. The van der Waals surface area contributed by atoms with Crippen LogP contribution in [0.15, 0.2) is 71.3 Å². The summed E-state index contributed by atoms with van der Waals surface area (Å²) in [5, 5.41) is 7.43. The Hall–Kier alpha value is -3.08. The topological polar surface area (TPSA) is 64.4 Å². The molecule has 5 heteroatoms. The molecule has 0 radical (unpaired) electrons. The normalized spacial score (nSPS) is 19.7. The maximum atomic E-state index is 12.4. The second-order valence-corrected chi connectivity index (χ2v) is 8.63. The molecule has 30 heavy (non-hydrogen) atoms.